The van der Waals surface area contributed by atoms with Gasteiger partial charge in [-0.05, 0) is 23.2 Å². The third kappa shape index (κ3) is 3.05. The first-order valence-corrected chi connectivity index (χ1v) is 7.46. The molecule has 1 fully saturated rings. The van der Waals surface area contributed by atoms with Crippen LogP contribution >= 0.6 is 0 Å². The molecule has 3 rings (SSSR count). The van der Waals surface area contributed by atoms with E-state index >= 15 is 0 Å². The molecule has 7 heteroatoms. The van der Waals surface area contributed by atoms with Crippen molar-refractivity contribution in [2.45, 2.75) is 11.8 Å². The van der Waals surface area contributed by atoms with Gasteiger partial charge in [-0.15, -0.1) is 0 Å². The van der Waals surface area contributed by atoms with Crippen molar-refractivity contribution < 1.29 is 28.4 Å². The summed E-state index contributed by atoms with van der Waals surface area (Å²) >= 11 is 0. The number of ether oxygens (including phenoxy) is 1. The van der Waals surface area contributed by atoms with Gasteiger partial charge >= 0.3 is 7.12 Å². The molecule has 0 saturated heterocycles. The molecule has 1 aliphatic carbocycles. The molecule has 2 N–H and O–H groups in total. The van der Waals surface area contributed by atoms with Crippen LogP contribution in [0.15, 0.2) is 48.5 Å². The van der Waals surface area contributed by atoms with Gasteiger partial charge in [-0.3, -0.25) is 4.79 Å². The van der Waals surface area contributed by atoms with E-state index in [0.29, 0.717) is 11.8 Å². The molecule has 0 aliphatic heterocycles. The van der Waals surface area contributed by atoms with Gasteiger partial charge in [0.2, 0.25) is 0 Å². The lowest BCUT2D eigenvalue weighted by atomic mass is 9.77. The topological polar surface area (TPSA) is 66.8 Å². The summed E-state index contributed by atoms with van der Waals surface area (Å²) in [7, 11) is -1.78. The van der Waals surface area contributed by atoms with Crippen molar-refractivity contribution in [2.24, 2.45) is 5.92 Å². The third-order valence-electron chi connectivity index (χ3n) is 4.25. The third-order valence-corrected chi connectivity index (χ3v) is 4.25. The van der Waals surface area contributed by atoms with Crippen LogP contribution in [0.5, 0.6) is 5.75 Å². The van der Waals surface area contributed by atoms with Crippen molar-refractivity contribution >= 4 is 18.9 Å². The fourth-order valence-electron chi connectivity index (χ4n) is 2.88. The largest absolute Gasteiger partial charge is 0.493 e. The molecule has 0 spiro atoms. The number of halogens is 2. The minimum absolute atomic E-state index is 0.0382. The Labute approximate surface area is 137 Å². The van der Waals surface area contributed by atoms with E-state index in [9.17, 15) is 13.6 Å². The summed E-state index contributed by atoms with van der Waals surface area (Å²) in [5, 5.41) is 18.3. The predicted octanol–water partition coefficient (Wildman–Crippen LogP) is 1.61. The molecule has 2 aromatic rings. The van der Waals surface area contributed by atoms with E-state index in [0.717, 1.165) is 0 Å². The molecule has 124 valence electrons. The zero-order valence-electron chi connectivity index (χ0n) is 12.6. The molecule has 2 aromatic carbocycles. The summed E-state index contributed by atoms with van der Waals surface area (Å²) in [6.07, 6.45) is 0.458. The fourth-order valence-corrected chi connectivity index (χ4v) is 2.88. The van der Waals surface area contributed by atoms with Crippen molar-refractivity contribution in [3.8, 4) is 5.75 Å². The summed E-state index contributed by atoms with van der Waals surface area (Å²) in [6.45, 7) is -0.189. The first kappa shape index (κ1) is 16.6. The maximum absolute atomic E-state index is 14.0. The second-order valence-corrected chi connectivity index (χ2v) is 5.76. The summed E-state index contributed by atoms with van der Waals surface area (Å²) < 4.78 is 33.3. The van der Waals surface area contributed by atoms with Crippen LogP contribution in [0.1, 0.15) is 21.8 Å². The van der Waals surface area contributed by atoms with Crippen molar-refractivity contribution in [1.29, 1.82) is 0 Å². The monoisotopic (exact) mass is 332 g/mol. The minimum atomic E-state index is -2.82. The number of aldehydes is 1. The van der Waals surface area contributed by atoms with Crippen LogP contribution in [0, 0.1) is 5.92 Å². The van der Waals surface area contributed by atoms with Crippen molar-refractivity contribution in [3.05, 3.63) is 59.7 Å². The van der Waals surface area contributed by atoms with E-state index in [2.05, 4.69) is 0 Å². The molecule has 0 radical (unpaired) electrons. The number of alkyl halides is 2. The highest BCUT2D eigenvalue weighted by atomic mass is 19.3. The van der Waals surface area contributed by atoms with Crippen LogP contribution in [0.4, 0.5) is 8.78 Å². The van der Waals surface area contributed by atoms with Gasteiger partial charge in [0.15, 0.2) is 0 Å². The normalized spacial score (nSPS) is 21.2. The molecular formula is C17H15BF2O4. The van der Waals surface area contributed by atoms with Crippen LogP contribution in [-0.4, -0.2) is 36.0 Å². The van der Waals surface area contributed by atoms with Crippen LogP contribution in [0.3, 0.4) is 0 Å². The summed E-state index contributed by atoms with van der Waals surface area (Å²) in [5.74, 6) is -4.39. The molecule has 0 bridgehead atoms. The van der Waals surface area contributed by atoms with Crippen molar-refractivity contribution in [3.63, 3.8) is 0 Å². The number of carbonyl (C=O) groups is 1. The van der Waals surface area contributed by atoms with Gasteiger partial charge in [0.05, 0.1) is 18.4 Å². The quantitative estimate of drug-likeness (QED) is 0.623. The highest BCUT2D eigenvalue weighted by molar-refractivity contribution is 6.60. The summed E-state index contributed by atoms with van der Waals surface area (Å²) in [5.41, 5.74) is 0.657. The second kappa shape index (κ2) is 6.34. The maximum Gasteiger partial charge on any atom is 0.489 e. The van der Waals surface area contributed by atoms with Gasteiger partial charge in [0, 0.05) is 5.56 Å². The highest BCUT2D eigenvalue weighted by Crippen LogP contribution is 2.61. The second-order valence-electron chi connectivity index (χ2n) is 5.76. The number of carbonyl (C=O) groups excluding carboxylic acids is 1. The average Bonchev–Trinajstić information content (AvgIpc) is 3.14. The van der Waals surface area contributed by atoms with E-state index in [1.165, 1.54) is 18.2 Å². The van der Waals surface area contributed by atoms with Gasteiger partial charge in [0.1, 0.15) is 12.0 Å². The van der Waals surface area contributed by atoms with Crippen LogP contribution in [-0.2, 0) is 0 Å². The lowest BCUT2D eigenvalue weighted by molar-refractivity contribution is 0.0815. The summed E-state index contributed by atoms with van der Waals surface area (Å²) in [6, 6.07) is 12.6. The van der Waals surface area contributed by atoms with Gasteiger partial charge < -0.3 is 14.8 Å². The van der Waals surface area contributed by atoms with E-state index < -0.39 is 24.9 Å². The lowest BCUT2D eigenvalue weighted by Crippen LogP contribution is -2.32. The average molecular weight is 332 g/mol. The zero-order chi connectivity index (χ0) is 17.3. The van der Waals surface area contributed by atoms with E-state index in [1.807, 2.05) is 0 Å². The Balaban J connectivity index is 1.69. The molecule has 1 aliphatic rings. The molecular weight excluding hydrogens is 317 g/mol. The van der Waals surface area contributed by atoms with E-state index in [1.54, 1.807) is 30.3 Å². The van der Waals surface area contributed by atoms with Gasteiger partial charge in [0.25, 0.3) is 5.92 Å². The molecule has 1 saturated carbocycles. The van der Waals surface area contributed by atoms with Gasteiger partial charge in [-0.2, -0.15) is 0 Å². The molecule has 24 heavy (non-hydrogen) atoms. The Bertz CT molecular complexity index is 737. The SMILES string of the molecule is O=Cc1cc(OC[C@@H]2[C@@H](c3ccccc3)C2(F)F)ccc1B(O)O. The first-order chi connectivity index (χ1) is 11.4. The highest BCUT2D eigenvalue weighted by Gasteiger charge is 2.68. The Morgan fingerprint density at radius 2 is 1.88 bits per heavy atom. The molecule has 0 heterocycles. The molecule has 4 nitrogen and oxygen atoms in total. The molecule has 0 aromatic heterocycles. The standard InChI is InChI=1S/C17H15BF2O4/c19-17(20)14(16(17)11-4-2-1-3-5-11)10-24-13-6-7-15(18(22)23)12(8-13)9-21/h1-9,14,16,22-23H,10H2/t14-,16-/m1/s1. The number of benzene rings is 2. The Morgan fingerprint density at radius 3 is 2.50 bits per heavy atom. The number of hydrogen-bond acceptors (Lipinski definition) is 4. The summed E-state index contributed by atoms with van der Waals surface area (Å²) in [4.78, 5) is 11.0. The minimum Gasteiger partial charge on any atom is -0.493 e. The molecule has 0 amide bonds. The van der Waals surface area contributed by atoms with Crippen LogP contribution in [0.25, 0.3) is 0 Å². The Morgan fingerprint density at radius 1 is 1.17 bits per heavy atom. The van der Waals surface area contributed by atoms with Crippen molar-refractivity contribution in [1.82, 2.24) is 0 Å². The van der Waals surface area contributed by atoms with Crippen molar-refractivity contribution in [2.75, 3.05) is 6.61 Å². The number of rotatable bonds is 6. The zero-order valence-corrected chi connectivity index (χ0v) is 12.6. The first-order valence-electron chi connectivity index (χ1n) is 7.46. The Hall–Kier alpha value is -2.25. The maximum atomic E-state index is 14.0. The number of hydrogen-bond donors (Lipinski definition) is 2. The van der Waals surface area contributed by atoms with E-state index in [-0.39, 0.29) is 23.4 Å². The molecule has 2 atom stereocenters. The molecule has 0 unspecified atom stereocenters. The van der Waals surface area contributed by atoms with Crippen LogP contribution < -0.4 is 10.2 Å². The van der Waals surface area contributed by atoms with Crippen LogP contribution in [0.2, 0.25) is 0 Å². The smallest absolute Gasteiger partial charge is 0.489 e. The predicted molar refractivity (Wildman–Crippen MR) is 84.8 cm³/mol. The lowest BCUT2D eigenvalue weighted by Gasteiger charge is -2.09. The fraction of sp³-hybridized carbons (Fsp3) is 0.235. The van der Waals surface area contributed by atoms with Gasteiger partial charge in [-0.1, -0.05) is 36.4 Å². The van der Waals surface area contributed by atoms with Gasteiger partial charge in [-0.25, -0.2) is 8.78 Å². The van der Waals surface area contributed by atoms with E-state index in [4.69, 9.17) is 14.8 Å². The Kier molecular flexibility index (Phi) is 4.38.